The summed E-state index contributed by atoms with van der Waals surface area (Å²) in [6.07, 6.45) is 0.312. The maximum atomic E-state index is 12.2. The Morgan fingerprint density at radius 3 is 2.42 bits per heavy atom. The molecule has 0 spiro atoms. The number of nitrogens with zero attached hydrogens (tertiary/aromatic N) is 3. The lowest BCUT2D eigenvalue weighted by Crippen LogP contribution is -2.58. The molecule has 1 aliphatic heterocycles. The lowest BCUT2D eigenvalue weighted by Gasteiger charge is -2.44. The number of amides is 2. The van der Waals surface area contributed by atoms with Gasteiger partial charge in [-0.15, -0.1) is 0 Å². The highest BCUT2D eigenvalue weighted by atomic mass is 16.4. The van der Waals surface area contributed by atoms with Gasteiger partial charge in [0.15, 0.2) is 0 Å². The quantitative estimate of drug-likeness (QED) is 0.815. The molecule has 0 saturated carbocycles. The van der Waals surface area contributed by atoms with E-state index in [1.807, 2.05) is 19.9 Å². The molecule has 6 nitrogen and oxygen atoms in total. The highest BCUT2D eigenvalue weighted by Crippen LogP contribution is 2.25. The molecule has 1 unspecified atom stereocenters. The summed E-state index contributed by atoms with van der Waals surface area (Å²) in [4.78, 5) is 26.4. The third-order valence-electron chi connectivity index (χ3n) is 3.61. The fourth-order valence-corrected chi connectivity index (χ4v) is 2.11. The molecule has 0 aromatic rings. The summed E-state index contributed by atoms with van der Waals surface area (Å²) in [7, 11) is 0. The molecule has 1 N–H and O–H groups in total. The molecule has 1 rings (SSSR count). The van der Waals surface area contributed by atoms with Crippen molar-refractivity contribution in [3.05, 3.63) is 0 Å². The van der Waals surface area contributed by atoms with E-state index in [-0.39, 0.29) is 18.0 Å². The molecule has 0 bridgehead atoms. The standard InChI is InChI=1S/C13H21N3O3/c1-9(2)16(6-4-5-14)13(19)15-7-11(8-15)10(3)12(17)18/h9-11H,4,6-8H2,1-3H3,(H,17,18). The van der Waals surface area contributed by atoms with Crippen molar-refractivity contribution in [1.29, 1.82) is 5.26 Å². The number of carbonyl (C=O) groups excluding carboxylic acids is 1. The van der Waals surface area contributed by atoms with Gasteiger partial charge in [-0.05, 0) is 13.8 Å². The van der Waals surface area contributed by atoms with E-state index in [2.05, 4.69) is 0 Å². The van der Waals surface area contributed by atoms with Gasteiger partial charge in [0.1, 0.15) is 0 Å². The average molecular weight is 267 g/mol. The van der Waals surface area contributed by atoms with Gasteiger partial charge in [0.05, 0.1) is 18.4 Å². The molecular weight excluding hydrogens is 246 g/mol. The maximum absolute atomic E-state index is 12.2. The number of hydrogen-bond acceptors (Lipinski definition) is 3. The topological polar surface area (TPSA) is 84.6 Å². The summed E-state index contributed by atoms with van der Waals surface area (Å²) < 4.78 is 0. The third-order valence-corrected chi connectivity index (χ3v) is 3.61. The molecule has 0 radical (unpaired) electrons. The molecule has 1 aliphatic rings. The zero-order valence-corrected chi connectivity index (χ0v) is 11.7. The number of urea groups is 1. The van der Waals surface area contributed by atoms with Gasteiger partial charge >= 0.3 is 12.0 Å². The first kappa shape index (κ1) is 15.3. The Labute approximate surface area is 113 Å². The van der Waals surface area contributed by atoms with E-state index in [0.29, 0.717) is 26.1 Å². The monoisotopic (exact) mass is 267 g/mol. The predicted molar refractivity (Wildman–Crippen MR) is 69.3 cm³/mol. The number of carboxylic acids is 1. The summed E-state index contributed by atoms with van der Waals surface area (Å²) in [5.74, 6) is -1.20. The second-order valence-corrected chi connectivity index (χ2v) is 5.27. The van der Waals surface area contributed by atoms with Crippen molar-refractivity contribution in [2.75, 3.05) is 19.6 Å². The van der Waals surface area contributed by atoms with Crippen LogP contribution in [0.15, 0.2) is 0 Å². The first-order chi connectivity index (χ1) is 8.88. The van der Waals surface area contributed by atoms with Crippen molar-refractivity contribution in [3.63, 3.8) is 0 Å². The lowest BCUT2D eigenvalue weighted by molar-refractivity contribution is -0.145. The van der Waals surface area contributed by atoms with Gasteiger partial charge in [-0.2, -0.15) is 5.26 Å². The number of rotatable bonds is 5. The SMILES string of the molecule is CC(C(=O)O)C1CN(C(=O)N(CCC#N)C(C)C)C1. The van der Waals surface area contributed by atoms with Crippen LogP contribution in [0.4, 0.5) is 4.79 Å². The van der Waals surface area contributed by atoms with Crippen molar-refractivity contribution in [2.24, 2.45) is 11.8 Å². The van der Waals surface area contributed by atoms with E-state index in [9.17, 15) is 9.59 Å². The minimum atomic E-state index is -0.817. The normalized spacial score (nSPS) is 16.7. The maximum Gasteiger partial charge on any atom is 0.320 e. The van der Waals surface area contributed by atoms with E-state index >= 15 is 0 Å². The molecule has 0 aromatic heterocycles. The van der Waals surface area contributed by atoms with Crippen LogP contribution in [0.3, 0.4) is 0 Å². The average Bonchev–Trinajstić information content (AvgIpc) is 2.26. The first-order valence-electron chi connectivity index (χ1n) is 6.53. The van der Waals surface area contributed by atoms with Crippen LogP contribution < -0.4 is 0 Å². The second kappa shape index (κ2) is 6.41. The number of aliphatic carboxylic acids is 1. The van der Waals surface area contributed by atoms with Crippen LogP contribution >= 0.6 is 0 Å². The van der Waals surface area contributed by atoms with E-state index in [4.69, 9.17) is 10.4 Å². The molecule has 2 amide bonds. The number of carbonyl (C=O) groups is 2. The zero-order valence-electron chi connectivity index (χ0n) is 11.7. The molecule has 1 atom stereocenters. The summed E-state index contributed by atoms with van der Waals surface area (Å²) in [6, 6.07) is 1.98. The zero-order chi connectivity index (χ0) is 14.6. The Bertz CT molecular complexity index is 383. The van der Waals surface area contributed by atoms with Crippen LogP contribution in [0.1, 0.15) is 27.2 Å². The summed E-state index contributed by atoms with van der Waals surface area (Å²) in [6.45, 7) is 6.89. The molecule has 0 aliphatic carbocycles. The molecular formula is C13H21N3O3. The molecule has 1 heterocycles. The van der Waals surface area contributed by atoms with Crippen molar-refractivity contribution >= 4 is 12.0 Å². The summed E-state index contributed by atoms with van der Waals surface area (Å²) >= 11 is 0. The van der Waals surface area contributed by atoms with Crippen molar-refractivity contribution < 1.29 is 14.7 Å². The van der Waals surface area contributed by atoms with Crippen molar-refractivity contribution in [3.8, 4) is 6.07 Å². The van der Waals surface area contributed by atoms with Crippen LogP contribution in [0.25, 0.3) is 0 Å². The van der Waals surface area contributed by atoms with E-state index in [1.165, 1.54) is 0 Å². The largest absolute Gasteiger partial charge is 0.481 e. The second-order valence-electron chi connectivity index (χ2n) is 5.27. The molecule has 19 heavy (non-hydrogen) atoms. The van der Waals surface area contributed by atoms with Gasteiger partial charge in [0.2, 0.25) is 0 Å². The smallest absolute Gasteiger partial charge is 0.320 e. The van der Waals surface area contributed by atoms with Gasteiger partial charge in [0, 0.05) is 31.6 Å². The number of nitriles is 1. The number of carboxylic acid groups (broad SMARTS) is 1. The third kappa shape index (κ3) is 3.60. The van der Waals surface area contributed by atoms with Gasteiger partial charge in [-0.3, -0.25) is 4.79 Å². The number of hydrogen-bond donors (Lipinski definition) is 1. The van der Waals surface area contributed by atoms with Gasteiger partial charge in [-0.1, -0.05) is 6.92 Å². The van der Waals surface area contributed by atoms with E-state index in [0.717, 1.165) is 0 Å². The first-order valence-corrected chi connectivity index (χ1v) is 6.53. The van der Waals surface area contributed by atoms with Crippen LogP contribution in [0, 0.1) is 23.2 Å². The van der Waals surface area contributed by atoms with Crippen molar-refractivity contribution in [1.82, 2.24) is 9.80 Å². The van der Waals surface area contributed by atoms with Crippen molar-refractivity contribution in [2.45, 2.75) is 33.2 Å². The highest BCUT2D eigenvalue weighted by molar-refractivity contribution is 5.76. The predicted octanol–water partition coefficient (Wildman–Crippen LogP) is 1.38. The molecule has 6 heteroatoms. The Kier molecular flexibility index (Phi) is 5.16. The Balaban J connectivity index is 2.51. The minimum absolute atomic E-state index is 0.0337. The fraction of sp³-hybridized carbons (Fsp3) is 0.769. The Morgan fingerprint density at radius 2 is 2.00 bits per heavy atom. The van der Waals surface area contributed by atoms with Crippen LogP contribution in [-0.4, -0.2) is 52.6 Å². The van der Waals surface area contributed by atoms with Gasteiger partial charge in [-0.25, -0.2) is 4.79 Å². The Hall–Kier alpha value is -1.77. The van der Waals surface area contributed by atoms with Crippen LogP contribution in [0.2, 0.25) is 0 Å². The molecule has 1 saturated heterocycles. The van der Waals surface area contributed by atoms with Gasteiger partial charge < -0.3 is 14.9 Å². The summed E-state index contributed by atoms with van der Waals surface area (Å²) in [5, 5.41) is 17.5. The summed E-state index contributed by atoms with van der Waals surface area (Å²) in [5.41, 5.74) is 0. The number of likely N-dealkylation sites (tertiary alicyclic amines) is 1. The van der Waals surface area contributed by atoms with Crippen LogP contribution in [-0.2, 0) is 4.79 Å². The molecule has 1 fully saturated rings. The van der Waals surface area contributed by atoms with Crippen LogP contribution in [0.5, 0.6) is 0 Å². The fourth-order valence-electron chi connectivity index (χ4n) is 2.11. The minimum Gasteiger partial charge on any atom is -0.481 e. The Morgan fingerprint density at radius 1 is 1.42 bits per heavy atom. The molecule has 0 aromatic carbocycles. The van der Waals surface area contributed by atoms with E-state index in [1.54, 1.807) is 16.7 Å². The van der Waals surface area contributed by atoms with Gasteiger partial charge in [0.25, 0.3) is 0 Å². The van der Waals surface area contributed by atoms with E-state index < -0.39 is 11.9 Å². The molecule has 106 valence electrons. The lowest BCUT2D eigenvalue weighted by atomic mass is 9.87. The highest BCUT2D eigenvalue weighted by Gasteiger charge is 2.39.